The van der Waals surface area contributed by atoms with E-state index < -0.39 is 40.0 Å². The van der Waals surface area contributed by atoms with E-state index in [1.54, 1.807) is 6.92 Å². The molecule has 0 unspecified atom stereocenters. The topological polar surface area (TPSA) is 84.5 Å². The molecule has 1 aliphatic rings. The van der Waals surface area contributed by atoms with Gasteiger partial charge >= 0.3 is 5.97 Å². The number of alkyl halides is 2. The number of carbonyl (C=O) groups is 3. The van der Waals surface area contributed by atoms with Gasteiger partial charge in [-0.25, -0.2) is 4.39 Å². The van der Waals surface area contributed by atoms with Crippen LogP contribution in [0.2, 0.25) is 0 Å². The Morgan fingerprint density at radius 1 is 1.21 bits per heavy atom. The quantitative estimate of drug-likeness (QED) is 0.587. The van der Waals surface area contributed by atoms with E-state index in [2.05, 4.69) is 10.6 Å². The van der Waals surface area contributed by atoms with Crippen LogP contribution in [0.3, 0.4) is 0 Å². The van der Waals surface area contributed by atoms with Crippen LogP contribution >= 0.6 is 23.2 Å². The van der Waals surface area contributed by atoms with E-state index in [-0.39, 0.29) is 13.0 Å². The van der Waals surface area contributed by atoms with Gasteiger partial charge in [0.1, 0.15) is 15.6 Å². The number of esters is 1. The van der Waals surface area contributed by atoms with Crippen molar-refractivity contribution in [3.63, 3.8) is 0 Å². The summed E-state index contributed by atoms with van der Waals surface area (Å²) in [6, 6.07) is 5.16. The molecule has 9 heteroatoms. The molecule has 1 fully saturated rings. The lowest BCUT2D eigenvalue weighted by Crippen LogP contribution is -2.36. The zero-order valence-corrected chi connectivity index (χ0v) is 14.2. The van der Waals surface area contributed by atoms with E-state index in [0.717, 1.165) is 0 Å². The van der Waals surface area contributed by atoms with Gasteiger partial charge in [0, 0.05) is 12.1 Å². The fourth-order valence-corrected chi connectivity index (χ4v) is 2.57. The summed E-state index contributed by atoms with van der Waals surface area (Å²) in [5.41, 5.74) is -0.625. The van der Waals surface area contributed by atoms with Gasteiger partial charge in [-0.1, -0.05) is 0 Å². The highest BCUT2D eigenvalue weighted by atomic mass is 35.5. The van der Waals surface area contributed by atoms with Crippen LogP contribution in [-0.2, 0) is 19.1 Å². The van der Waals surface area contributed by atoms with Gasteiger partial charge in [-0.15, -0.1) is 23.2 Å². The Morgan fingerprint density at radius 3 is 2.33 bits per heavy atom. The molecule has 0 spiro atoms. The van der Waals surface area contributed by atoms with Crippen LogP contribution in [0.1, 0.15) is 13.3 Å². The second-order valence-electron chi connectivity index (χ2n) is 5.62. The third-order valence-corrected chi connectivity index (χ3v) is 4.72. The van der Waals surface area contributed by atoms with Crippen molar-refractivity contribution >= 4 is 46.7 Å². The molecule has 1 aromatic carbocycles. The van der Waals surface area contributed by atoms with Crippen LogP contribution < -0.4 is 10.6 Å². The van der Waals surface area contributed by atoms with Crippen LogP contribution in [0.15, 0.2) is 24.3 Å². The maximum atomic E-state index is 12.7. The number of nitrogens with one attached hydrogen (secondary N) is 2. The molecule has 0 aliphatic heterocycles. The van der Waals surface area contributed by atoms with Crippen molar-refractivity contribution in [1.82, 2.24) is 5.32 Å². The lowest BCUT2D eigenvalue weighted by atomic mass is 10.1. The number of anilines is 1. The van der Waals surface area contributed by atoms with Gasteiger partial charge in [0.15, 0.2) is 6.61 Å². The first-order valence-electron chi connectivity index (χ1n) is 7.01. The molecule has 0 heterocycles. The van der Waals surface area contributed by atoms with Gasteiger partial charge in [0.25, 0.3) is 5.91 Å². The minimum absolute atomic E-state index is 0.254. The number of benzene rings is 1. The van der Waals surface area contributed by atoms with E-state index >= 15 is 0 Å². The van der Waals surface area contributed by atoms with Crippen LogP contribution in [0.4, 0.5) is 10.1 Å². The highest BCUT2D eigenvalue weighted by Gasteiger charge is 2.69. The number of hydrogen-bond acceptors (Lipinski definition) is 4. The predicted octanol–water partition coefficient (Wildman–Crippen LogP) is 2.01. The standard InChI is InChI=1S/C15H15Cl2FN2O4/c1-14(8-15(14,16)17)13(23)24-7-12(22)19-6-11(21)20-10-4-2-9(18)3-5-10/h2-5H,6-8H2,1H3,(H,19,22)(H,20,21)/t14-/m1/s1. The zero-order valence-electron chi connectivity index (χ0n) is 12.7. The summed E-state index contributed by atoms with van der Waals surface area (Å²) < 4.78 is 16.4. The number of hydrogen-bond donors (Lipinski definition) is 2. The average molecular weight is 377 g/mol. The van der Waals surface area contributed by atoms with Gasteiger partial charge in [-0.05, 0) is 31.2 Å². The highest BCUT2D eigenvalue weighted by molar-refractivity contribution is 6.53. The molecule has 1 saturated carbocycles. The van der Waals surface area contributed by atoms with E-state index in [1.807, 2.05) is 0 Å². The maximum Gasteiger partial charge on any atom is 0.315 e. The second kappa shape index (κ2) is 6.94. The third-order valence-electron chi connectivity index (χ3n) is 3.62. The summed E-state index contributed by atoms with van der Waals surface area (Å²) in [6.45, 7) is 0.686. The molecule has 6 nitrogen and oxygen atoms in total. The maximum absolute atomic E-state index is 12.7. The minimum Gasteiger partial charge on any atom is -0.455 e. The minimum atomic E-state index is -1.17. The van der Waals surface area contributed by atoms with Crippen LogP contribution in [0.5, 0.6) is 0 Å². The molecular weight excluding hydrogens is 362 g/mol. The van der Waals surface area contributed by atoms with E-state index in [9.17, 15) is 18.8 Å². The molecule has 0 aromatic heterocycles. The molecule has 0 radical (unpaired) electrons. The van der Waals surface area contributed by atoms with Crippen LogP contribution in [-0.4, -0.2) is 35.3 Å². The fraction of sp³-hybridized carbons (Fsp3) is 0.400. The number of amides is 2. The van der Waals surface area contributed by atoms with E-state index in [1.165, 1.54) is 24.3 Å². The summed E-state index contributed by atoms with van der Waals surface area (Å²) in [4.78, 5) is 35.0. The molecule has 2 N–H and O–H groups in total. The largest absolute Gasteiger partial charge is 0.455 e. The fourth-order valence-electron chi connectivity index (χ4n) is 1.88. The lowest BCUT2D eigenvalue weighted by Gasteiger charge is -2.12. The predicted molar refractivity (Wildman–Crippen MR) is 86.2 cm³/mol. The number of ether oxygens (including phenoxy) is 1. The van der Waals surface area contributed by atoms with Crippen molar-refractivity contribution in [2.24, 2.45) is 5.41 Å². The Kier molecular flexibility index (Phi) is 5.35. The number of carbonyl (C=O) groups excluding carboxylic acids is 3. The Morgan fingerprint density at radius 2 is 1.79 bits per heavy atom. The normalized spacial score (nSPS) is 20.8. The lowest BCUT2D eigenvalue weighted by molar-refractivity contribution is -0.153. The van der Waals surface area contributed by atoms with Crippen molar-refractivity contribution in [3.05, 3.63) is 30.1 Å². The molecule has 0 bridgehead atoms. The summed E-state index contributed by atoms with van der Waals surface area (Å²) in [7, 11) is 0. The molecule has 0 saturated heterocycles. The summed E-state index contributed by atoms with van der Waals surface area (Å²) >= 11 is 11.7. The highest BCUT2D eigenvalue weighted by Crippen LogP contribution is 2.64. The molecule has 1 aliphatic carbocycles. The summed E-state index contributed by atoms with van der Waals surface area (Å²) in [6.07, 6.45) is 0.254. The first-order valence-corrected chi connectivity index (χ1v) is 7.77. The summed E-state index contributed by atoms with van der Waals surface area (Å²) in [5.74, 6) is -2.24. The monoisotopic (exact) mass is 376 g/mol. The van der Waals surface area contributed by atoms with E-state index in [0.29, 0.717) is 5.69 Å². The molecule has 2 amide bonds. The van der Waals surface area contributed by atoms with E-state index in [4.69, 9.17) is 27.9 Å². The van der Waals surface area contributed by atoms with Crippen molar-refractivity contribution in [1.29, 1.82) is 0 Å². The van der Waals surface area contributed by atoms with Gasteiger partial charge in [0.05, 0.1) is 6.54 Å². The van der Waals surface area contributed by atoms with Crippen LogP contribution in [0.25, 0.3) is 0 Å². The van der Waals surface area contributed by atoms with Gasteiger partial charge in [-0.3, -0.25) is 14.4 Å². The van der Waals surface area contributed by atoms with Crippen molar-refractivity contribution < 1.29 is 23.5 Å². The molecule has 24 heavy (non-hydrogen) atoms. The first-order chi connectivity index (χ1) is 11.1. The molecule has 1 aromatic rings. The molecule has 1 atom stereocenters. The molecule has 130 valence electrons. The molecule has 2 rings (SSSR count). The Bertz CT molecular complexity index is 666. The average Bonchev–Trinajstić information content (AvgIpc) is 3.05. The number of rotatable bonds is 6. The zero-order chi connectivity index (χ0) is 18.0. The van der Waals surface area contributed by atoms with Crippen molar-refractivity contribution in [2.75, 3.05) is 18.5 Å². The number of halogens is 3. The third kappa shape index (κ3) is 4.36. The Hall–Kier alpha value is -1.86. The second-order valence-corrected chi connectivity index (χ2v) is 7.11. The molecular formula is C15H15Cl2FN2O4. The smallest absolute Gasteiger partial charge is 0.315 e. The van der Waals surface area contributed by atoms with Crippen LogP contribution in [0, 0.1) is 11.2 Å². The Balaban J connectivity index is 1.68. The first kappa shape index (κ1) is 18.5. The SMILES string of the molecule is C[C@]1(C(=O)OCC(=O)NCC(=O)Nc2ccc(F)cc2)CC1(Cl)Cl. The van der Waals surface area contributed by atoms with Gasteiger partial charge in [-0.2, -0.15) is 0 Å². The van der Waals surface area contributed by atoms with Crippen molar-refractivity contribution in [2.45, 2.75) is 17.7 Å². The van der Waals surface area contributed by atoms with Crippen molar-refractivity contribution in [3.8, 4) is 0 Å². The van der Waals surface area contributed by atoms with Gasteiger partial charge < -0.3 is 15.4 Å². The van der Waals surface area contributed by atoms with Gasteiger partial charge in [0.2, 0.25) is 5.91 Å². The Labute approximate surface area is 147 Å². The summed E-state index contributed by atoms with van der Waals surface area (Å²) in [5, 5.41) is 4.77.